The number of esters is 1. The van der Waals surface area contributed by atoms with Gasteiger partial charge in [0.15, 0.2) is 13.2 Å². The summed E-state index contributed by atoms with van der Waals surface area (Å²) < 4.78 is 10.3. The van der Waals surface area contributed by atoms with Gasteiger partial charge in [-0.3, -0.25) is 10.1 Å². The van der Waals surface area contributed by atoms with Crippen LogP contribution in [0.4, 0.5) is 4.79 Å². The zero-order chi connectivity index (χ0) is 19.1. The predicted octanol–water partition coefficient (Wildman–Crippen LogP) is 2.30. The van der Waals surface area contributed by atoms with E-state index in [1.54, 1.807) is 0 Å². The van der Waals surface area contributed by atoms with Crippen molar-refractivity contribution in [3.05, 3.63) is 28.8 Å². The largest absolute Gasteiger partial charge is 0.481 e. The summed E-state index contributed by atoms with van der Waals surface area (Å²) in [6, 6.07) is 3.48. The van der Waals surface area contributed by atoms with Crippen LogP contribution in [0.3, 0.4) is 0 Å². The molecular formula is C19H26N2O5. The first-order valence-electron chi connectivity index (χ1n) is 8.81. The molecule has 1 fully saturated rings. The van der Waals surface area contributed by atoms with Crippen molar-refractivity contribution in [1.29, 1.82) is 0 Å². The van der Waals surface area contributed by atoms with Gasteiger partial charge in [0.1, 0.15) is 5.75 Å². The number of benzene rings is 1. The topological polar surface area (TPSA) is 93.7 Å². The first-order chi connectivity index (χ1) is 12.3. The number of rotatable bonds is 6. The molecule has 7 heteroatoms. The summed E-state index contributed by atoms with van der Waals surface area (Å²) in [6.45, 7) is 4.96. The summed E-state index contributed by atoms with van der Waals surface area (Å²) in [6.07, 6.45) is 4.00. The van der Waals surface area contributed by atoms with Crippen LogP contribution < -0.4 is 15.4 Å². The Morgan fingerprint density at radius 2 is 1.65 bits per heavy atom. The van der Waals surface area contributed by atoms with Gasteiger partial charge in [-0.05, 0) is 44.7 Å². The summed E-state index contributed by atoms with van der Waals surface area (Å²) in [5.74, 6) is -0.708. The Hall–Kier alpha value is -2.57. The maximum absolute atomic E-state index is 11.7. The highest BCUT2D eigenvalue weighted by molar-refractivity contribution is 5.95. The number of urea groups is 1. The Morgan fingerprint density at radius 1 is 1.04 bits per heavy atom. The molecule has 1 aliphatic carbocycles. The summed E-state index contributed by atoms with van der Waals surface area (Å²) >= 11 is 0. The molecule has 1 aliphatic rings. The first kappa shape index (κ1) is 19.8. The number of amides is 3. The zero-order valence-corrected chi connectivity index (χ0v) is 15.5. The number of carbonyl (C=O) groups is 3. The van der Waals surface area contributed by atoms with E-state index in [1.165, 1.54) is 0 Å². The van der Waals surface area contributed by atoms with Crippen LogP contribution in [0.2, 0.25) is 0 Å². The second-order valence-electron chi connectivity index (χ2n) is 6.68. The molecule has 0 radical (unpaired) electrons. The van der Waals surface area contributed by atoms with Gasteiger partial charge in [0.2, 0.25) is 0 Å². The molecule has 0 aromatic heterocycles. The molecule has 0 saturated heterocycles. The number of ether oxygens (including phenoxy) is 2. The molecule has 0 heterocycles. The molecule has 142 valence electrons. The van der Waals surface area contributed by atoms with Gasteiger partial charge in [-0.15, -0.1) is 0 Å². The monoisotopic (exact) mass is 362 g/mol. The fraction of sp³-hybridized carbons (Fsp3) is 0.526. The Labute approximate surface area is 153 Å². The van der Waals surface area contributed by atoms with E-state index in [4.69, 9.17) is 9.47 Å². The molecule has 7 nitrogen and oxygen atoms in total. The van der Waals surface area contributed by atoms with Crippen molar-refractivity contribution in [1.82, 2.24) is 10.6 Å². The molecule has 0 bridgehead atoms. The van der Waals surface area contributed by atoms with Crippen LogP contribution in [0.1, 0.15) is 42.4 Å². The number of imide groups is 1. The zero-order valence-electron chi connectivity index (χ0n) is 15.5. The van der Waals surface area contributed by atoms with Crippen LogP contribution in [-0.2, 0) is 14.3 Å². The maximum Gasteiger partial charge on any atom is 0.344 e. The summed E-state index contributed by atoms with van der Waals surface area (Å²) in [5, 5.41) is 4.88. The Morgan fingerprint density at radius 3 is 2.27 bits per heavy atom. The second-order valence-corrected chi connectivity index (χ2v) is 6.68. The third-order valence-electron chi connectivity index (χ3n) is 4.25. The minimum Gasteiger partial charge on any atom is -0.481 e. The van der Waals surface area contributed by atoms with E-state index in [-0.39, 0.29) is 12.6 Å². The second kappa shape index (κ2) is 9.22. The fourth-order valence-corrected chi connectivity index (χ4v) is 3.17. The van der Waals surface area contributed by atoms with Gasteiger partial charge >= 0.3 is 12.0 Å². The smallest absolute Gasteiger partial charge is 0.344 e. The highest BCUT2D eigenvalue weighted by atomic mass is 16.6. The molecule has 1 aromatic carbocycles. The van der Waals surface area contributed by atoms with Crippen LogP contribution in [0.25, 0.3) is 0 Å². The van der Waals surface area contributed by atoms with Gasteiger partial charge in [-0.1, -0.05) is 30.5 Å². The lowest BCUT2D eigenvalue weighted by Gasteiger charge is -2.13. The third kappa shape index (κ3) is 6.06. The van der Waals surface area contributed by atoms with E-state index in [0.29, 0.717) is 5.75 Å². The van der Waals surface area contributed by atoms with Gasteiger partial charge in [0.25, 0.3) is 5.91 Å². The Kier molecular flexibility index (Phi) is 7.00. The van der Waals surface area contributed by atoms with Gasteiger partial charge in [0.05, 0.1) is 0 Å². The van der Waals surface area contributed by atoms with Crippen molar-refractivity contribution in [2.45, 2.75) is 52.5 Å². The molecule has 0 aliphatic heterocycles. The van der Waals surface area contributed by atoms with E-state index in [2.05, 4.69) is 10.6 Å². The van der Waals surface area contributed by atoms with Crippen molar-refractivity contribution < 1.29 is 23.9 Å². The fourth-order valence-electron chi connectivity index (χ4n) is 3.17. The molecule has 1 saturated carbocycles. The molecule has 3 amide bonds. The van der Waals surface area contributed by atoms with Gasteiger partial charge in [0, 0.05) is 6.04 Å². The Bertz CT molecular complexity index is 658. The molecule has 2 N–H and O–H groups in total. The summed E-state index contributed by atoms with van der Waals surface area (Å²) in [7, 11) is 0. The van der Waals surface area contributed by atoms with Crippen LogP contribution >= 0.6 is 0 Å². The van der Waals surface area contributed by atoms with Gasteiger partial charge in [-0.25, -0.2) is 9.59 Å². The highest BCUT2D eigenvalue weighted by Crippen LogP contribution is 2.24. The standard InChI is InChI=1S/C19H26N2O5/c1-12-8-13(2)18(14(3)9-12)26-11-17(23)25-10-16(22)21-19(24)20-15-6-4-5-7-15/h8-9,15H,4-7,10-11H2,1-3H3,(H2,20,21,22,24). The minimum absolute atomic E-state index is 0.111. The quantitative estimate of drug-likeness (QED) is 0.758. The average Bonchev–Trinajstić information content (AvgIpc) is 3.04. The van der Waals surface area contributed by atoms with Crippen molar-refractivity contribution in [2.75, 3.05) is 13.2 Å². The van der Waals surface area contributed by atoms with E-state index in [0.717, 1.165) is 42.4 Å². The van der Waals surface area contributed by atoms with Crippen LogP contribution in [0, 0.1) is 20.8 Å². The molecule has 0 atom stereocenters. The van der Waals surface area contributed by atoms with Crippen LogP contribution in [-0.4, -0.2) is 37.2 Å². The highest BCUT2D eigenvalue weighted by Gasteiger charge is 2.18. The van der Waals surface area contributed by atoms with Crippen molar-refractivity contribution >= 4 is 17.9 Å². The average molecular weight is 362 g/mol. The number of hydrogen-bond donors (Lipinski definition) is 2. The lowest BCUT2D eigenvalue weighted by Crippen LogP contribution is -2.45. The molecule has 0 spiro atoms. The normalized spacial score (nSPS) is 14.0. The lowest BCUT2D eigenvalue weighted by molar-refractivity contribution is -0.150. The molecule has 0 unspecified atom stereocenters. The van der Waals surface area contributed by atoms with E-state index >= 15 is 0 Å². The van der Waals surface area contributed by atoms with Crippen LogP contribution in [0.15, 0.2) is 12.1 Å². The summed E-state index contributed by atoms with van der Waals surface area (Å²) in [4.78, 5) is 35.1. The van der Waals surface area contributed by atoms with Gasteiger partial charge < -0.3 is 14.8 Å². The van der Waals surface area contributed by atoms with Crippen molar-refractivity contribution in [2.24, 2.45) is 0 Å². The maximum atomic E-state index is 11.7. The molecule has 1 aromatic rings. The van der Waals surface area contributed by atoms with E-state index < -0.39 is 24.5 Å². The number of hydrogen-bond acceptors (Lipinski definition) is 5. The lowest BCUT2D eigenvalue weighted by atomic mass is 10.1. The Balaban J connectivity index is 1.69. The minimum atomic E-state index is -0.671. The third-order valence-corrected chi connectivity index (χ3v) is 4.25. The number of carbonyl (C=O) groups excluding carboxylic acids is 3. The SMILES string of the molecule is Cc1cc(C)c(OCC(=O)OCC(=O)NC(=O)NC2CCCC2)c(C)c1. The number of nitrogens with one attached hydrogen (secondary N) is 2. The summed E-state index contributed by atoms with van der Waals surface area (Å²) in [5.41, 5.74) is 2.97. The van der Waals surface area contributed by atoms with Crippen molar-refractivity contribution in [3.8, 4) is 5.75 Å². The van der Waals surface area contributed by atoms with E-state index in [1.807, 2.05) is 32.9 Å². The molecule has 2 rings (SSSR count). The predicted molar refractivity (Wildman–Crippen MR) is 96.0 cm³/mol. The molecular weight excluding hydrogens is 336 g/mol. The van der Waals surface area contributed by atoms with E-state index in [9.17, 15) is 14.4 Å². The van der Waals surface area contributed by atoms with Crippen molar-refractivity contribution in [3.63, 3.8) is 0 Å². The first-order valence-corrected chi connectivity index (χ1v) is 8.81. The molecule has 26 heavy (non-hydrogen) atoms. The number of aryl methyl sites for hydroxylation is 3. The van der Waals surface area contributed by atoms with Gasteiger partial charge in [-0.2, -0.15) is 0 Å². The van der Waals surface area contributed by atoms with Crippen LogP contribution in [0.5, 0.6) is 5.75 Å².